The molecule has 0 spiro atoms. The van der Waals surface area contributed by atoms with Gasteiger partial charge in [0.25, 0.3) is 0 Å². The van der Waals surface area contributed by atoms with Crippen LogP contribution in [0.1, 0.15) is 30.2 Å². The topological polar surface area (TPSA) is 45.7 Å². The Bertz CT molecular complexity index is 570. The number of nitrogens with one attached hydrogen (secondary N) is 2. The Kier molecular flexibility index (Phi) is 8.97. The largest absolute Gasteiger partial charge is 0.377 e. The highest BCUT2D eigenvalue weighted by Crippen LogP contribution is 2.09. The van der Waals surface area contributed by atoms with Gasteiger partial charge in [-0.25, -0.2) is 4.99 Å². The summed E-state index contributed by atoms with van der Waals surface area (Å²) >= 11 is 1.74. The quantitative estimate of drug-likeness (QED) is 0.391. The molecule has 0 fully saturated rings. The molecule has 0 saturated carbocycles. The van der Waals surface area contributed by atoms with Crippen molar-refractivity contribution >= 4 is 17.3 Å². The number of hydrogen-bond acceptors (Lipinski definition) is 3. The van der Waals surface area contributed by atoms with Gasteiger partial charge in [-0.2, -0.15) is 0 Å². The van der Waals surface area contributed by atoms with Crippen LogP contribution in [0.25, 0.3) is 0 Å². The average Bonchev–Trinajstić information content (AvgIpc) is 3.13. The summed E-state index contributed by atoms with van der Waals surface area (Å²) in [4.78, 5) is 5.88. The Labute approximate surface area is 149 Å². The summed E-state index contributed by atoms with van der Waals surface area (Å²) in [5.74, 6) is 0.885. The number of unbranched alkanes of at least 4 members (excludes halogenated alkanes) is 1. The van der Waals surface area contributed by atoms with Gasteiger partial charge in [-0.05, 0) is 36.8 Å². The maximum absolute atomic E-state index is 5.70. The van der Waals surface area contributed by atoms with E-state index in [2.05, 4.69) is 52.2 Å². The molecule has 1 heterocycles. The van der Waals surface area contributed by atoms with Crippen LogP contribution in [0.3, 0.4) is 0 Å². The molecule has 0 saturated heterocycles. The maximum Gasteiger partial charge on any atom is 0.191 e. The summed E-state index contributed by atoms with van der Waals surface area (Å²) in [5, 5.41) is 8.74. The highest BCUT2D eigenvalue weighted by molar-refractivity contribution is 7.09. The minimum absolute atomic E-state index is 0.694. The predicted octanol–water partition coefficient (Wildman–Crippen LogP) is 3.80. The molecule has 0 aliphatic carbocycles. The van der Waals surface area contributed by atoms with Crippen molar-refractivity contribution in [2.45, 2.75) is 32.9 Å². The third-order valence-electron chi connectivity index (χ3n) is 3.44. The van der Waals surface area contributed by atoms with E-state index < -0.39 is 0 Å². The van der Waals surface area contributed by atoms with Crippen LogP contribution in [0.4, 0.5) is 0 Å². The maximum atomic E-state index is 5.70. The fourth-order valence-electron chi connectivity index (χ4n) is 2.20. The minimum Gasteiger partial charge on any atom is -0.377 e. The molecule has 1 aromatic heterocycles. The SMILES string of the molecule is CCNC(=NCc1cccs1)NCCCCOCc1ccccc1. The summed E-state index contributed by atoms with van der Waals surface area (Å²) in [6.45, 7) is 6.08. The normalized spacial score (nSPS) is 11.5. The van der Waals surface area contributed by atoms with Crippen molar-refractivity contribution in [2.75, 3.05) is 19.7 Å². The Hall–Kier alpha value is -1.85. The molecule has 24 heavy (non-hydrogen) atoms. The summed E-state index contributed by atoms with van der Waals surface area (Å²) in [6.07, 6.45) is 2.11. The van der Waals surface area contributed by atoms with Crippen LogP contribution in [-0.4, -0.2) is 25.7 Å². The van der Waals surface area contributed by atoms with Gasteiger partial charge in [0.15, 0.2) is 5.96 Å². The number of thiophene rings is 1. The molecule has 0 atom stereocenters. The first-order chi connectivity index (χ1) is 11.9. The second-order valence-electron chi connectivity index (χ2n) is 5.45. The molecule has 5 heteroatoms. The smallest absolute Gasteiger partial charge is 0.191 e. The van der Waals surface area contributed by atoms with E-state index >= 15 is 0 Å². The van der Waals surface area contributed by atoms with E-state index in [0.717, 1.165) is 45.0 Å². The number of ether oxygens (including phenoxy) is 1. The zero-order chi connectivity index (χ0) is 16.9. The minimum atomic E-state index is 0.694. The molecule has 0 amide bonds. The van der Waals surface area contributed by atoms with Gasteiger partial charge in [0.2, 0.25) is 0 Å². The van der Waals surface area contributed by atoms with Gasteiger partial charge in [-0.15, -0.1) is 11.3 Å². The van der Waals surface area contributed by atoms with Crippen LogP contribution in [0, 0.1) is 0 Å². The molecule has 2 rings (SSSR count). The number of benzene rings is 1. The molecule has 2 aromatic rings. The summed E-state index contributed by atoms with van der Waals surface area (Å²) in [5.41, 5.74) is 1.23. The van der Waals surface area contributed by atoms with E-state index in [4.69, 9.17) is 4.74 Å². The number of guanidine groups is 1. The van der Waals surface area contributed by atoms with Gasteiger partial charge in [0.1, 0.15) is 0 Å². The van der Waals surface area contributed by atoms with Crippen molar-refractivity contribution in [1.29, 1.82) is 0 Å². The molecular formula is C19H27N3OS. The van der Waals surface area contributed by atoms with E-state index in [1.54, 1.807) is 11.3 Å². The first-order valence-corrected chi connectivity index (χ1v) is 9.42. The second-order valence-corrected chi connectivity index (χ2v) is 6.48. The lowest BCUT2D eigenvalue weighted by Crippen LogP contribution is -2.37. The number of nitrogens with zero attached hydrogens (tertiary/aromatic N) is 1. The Balaban J connectivity index is 1.56. The fourth-order valence-corrected chi connectivity index (χ4v) is 2.83. The predicted molar refractivity (Wildman–Crippen MR) is 102 cm³/mol. The van der Waals surface area contributed by atoms with E-state index in [1.807, 2.05) is 18.2 Å². The molecular weight excluding hydrogens is 318 g/mol. The molecule has 130 valence electrons. The van der Waals surface area contributed by atoms with Gasteiger partial charge in [0, 0.05) is 24.6 Å². The summed E-state index contributed by atoms with van der Waals surface area (Å²) in [7, 11) is 0. The zero-order valence-corrected chi connectivity index (χ0v) is 15.1. The van der Waals surface area contributed by atoms with Crippen LogP contribution >= 0.6 is 11.3 Å². The van der Waals surface area contributed by atoms with Crippen molar-refractivity contribution in [2.24, 2.45) is 4.99 Å². The van der Waals surface area contributed by atoms with Crippen LogP contribution in [0.5, 0.6) is 0 Å². The summed E-state index contributed by atoms with van der Waals surface area (Å²) in [6, 6.07) is 14.5. The average molecular weight is 346 g/mol. The van der Waals surface area contributed by atoms with Crippen molar-refractivity contribution in [3.05, 3.63) is 58.3 Å². The lowest BCUT2D eigenvalue weighted by atomic mass is 10.2. The van der Waals surface area contributed by atoms with Crippen molar-refractivity contribution in [1.82, 2.24) is 10.6 Å². The van der Waals surface area contributed by atoms with Gasteiger partial charge >= 0.3 is 0 Å². The fraction of sp³-hybridized carbons (Fsp3) is 0.421. The third-order valence-corrected chi connectivity index (χ3v) is 4.30. The highest BCUT2D eigenvalue weighted by atomic mass is 32.1. The van der Waals surface area contributed by atoms with Crippen molar-refractivity contribution < 1.29 is 4.74 Å². The Morgan fingerprint density at radius 2 is 1.96 bits per heavy atom. The van der Waals surface area contributed by atoms with Crippen molar-refractivity contribution in [3.8, 4) is 0 Å². The van der Waals surface area contributed by atoms with Gasteiger partial charge in [-0.3, -0.25) is 0 Å². The standard InChI is InChI=1S/C19H27N3OS/c1-2-20-19(22-15-18-11-8-14-24-18)21-12-6-7-13-23-16-17-9-4-3-5-10-17/h3-5,8-11,14H,2,6-7,12-13,15-16H2,1H3,(H2,20,21,22). The number of hydrogen-bond donors (Lipinski definition) is 2. The Morgan fingerprint density at radius 3 is 2.71 bits per heavy atom. The van der Waals surface area contributed by atoms with Crippen LogP contribution < -0.4 is 10.6 Å². The number of aliphatic imine (C=N–C) groups is 1. The van der Waals surface area contributed by atoms with E-state index in [1.165, 1.54) is 10.4 Å². The van der Waals surface area contributed by atoms with Gasteiger partial charge in [-0.1, -0.05) is 36.4 Å². The molecule has 0 radical (unpaired) electrons. The first kappa shape index (κ1) is 18.5. The number of rotatable bonds is 10. The molecule has 2 N–H and O–H groups in total. The van der Waals surface area contributed by atoms with Crippen LogP contribution in [0.15, 0.2) is 52.8 Å². The van der Waals surface area contributed by atoms with Gasteiger partial charge in [0.05, 0.1) is 13.2 Å². The second kappa shape index (κ2) is 11.6. The molecule has 0 aliphatic heterocycles. The summed E-state index contributed by atoms with van der Waals surface area (Å²) < 4.78 is 5.70. The highest BCUT2D eigenvalue weighted by Gasteiger charge is 1.98. The lowest BCUT2D eigenvalue weighted by molar-refractivity contribution is 0.117. The Morgan fingerprint density at radius 1 is 1.08 bits per heavy atom. The van der Waals surface area contributed by atoms with Crippen LogP contribution in [-0.2, 0) is 17.9 Å². The van der Waals surface area contributed by atoms with Crippen molar-refractivity contribution in [3.63, 3.8) is 0 Å². The molecule has 0 unspecified atom stereocenters. The molecule has 0 aliphatic rings. The monoisotopic (exact) mass is 345 g/mol. The molecule has 1 aromatic carbocycles. The third kappa shape index (κ3) is 7.62. The molecule has 4 nitrogen and oxygen atoms in total. The van der Waals surface area contributed by atoms with E-state index in [-0.39, 0.29) is 0 Å². The zero-order valence-electron chi connectivity index (χ0n) is 14.3. The van der Waals surface area contributed by atoms with Crippen LogP contribution in [0.2, 0.25) is 0 Å². The molecule has 0 bridgehead atoms. The van der Waals surface area contributed by atoms with E-state index in [0.29, 0.717) is 6.61 Å². The first-order valence-electron chi connectivity index (χ1n) is 8.54. The lowest BCUT2D eigenvalue weighted by Gasteiger charge is -2.11. The van der Waals surface area contributed by atoms with Gasteiger partial charge < -0.3 is 15.4 Å². The van der Waals surface area contributed by atoms with E-state index in [9.17, 15) is 0 Å².